The summed E-state index contributed by atoms with van der Waals surface area (Å²) in [6.07, 6.45) is 2.12. The summed E-state index contributed by atoms with van der Waals surface area (Å²) in [5.74, 6) is -0.707. The van der Waals surface area contributed by atoms with Crippen LogP contribution in [0.3, 0.4) is 0 Å². The van der Waals surface area contributed by atoms with Gasteiger partial charge in [-0.3, -0.25) is 9.48 Å². The van der Waals surface area contributed by atoms with Gasteiger partial charge in [0, 0.05) is 25.7 Å². The van der Waals surface area contributed by atoms with Gasteiger partial charge < -0.3 is 10.4 Å². The Hall–Kier alpha value is -1.36. The van der Waals surface area contributed by atoms with Gasteiger partial charge in [-0.15, -0.1) is 0 Å². The number of aliphatic carboxylic acids is 1. The summed E-state index contributed by atoms with van der Waals surface area (Å²) in [5.41, 5.74) is 1.38. The van der Waals surface area contributed by atoms with Gasteiger partial charge in [0.15, 0.2) is 0 Å². The quantitative estimate of drug-likeness (QED) is 0.804. The van der Waals surface area contributed by atoms with Crippen molar-refractivity contribution < 1.29 is 9.90 Å². The molecule has 1 atom stereocenters. The second-order valence-electron chi connectivity index (χ2n) is 4.79. The maximum absolute atomic E-state index is 11.4. The van der Waals surface area contributed by atoms with Crippen LogP contribution in [0.25, 0.3) is 0 Å². The Morgan fingerprint density at radius 1 is 1.71 bits per heavy atom. The van der Waals surface area contributed by atoms with E-state index in [9.17, 15) is 9.90 Å². The van der Waals surface area contributed by atoms with Crippen LogP contribution in [-0.2, 0) is 24.7 Å². The molecule has 0 spiro atoms. The molecule has 1 fully saturated rings. The third kappa shape index (κ3) is 2.20. The van der Waals surface area contributed by atoms with Crippen LogP contribution in [0, 0.1) is 5.41 Å². The summed E-state index contributed by atoms with van der Waals surface area (Å²) in [6, 6.07) is 2.02. The Labute approximate surface area is 101 Å². The number of rotatable bonds is 4. The first-order chi connectivity index (χ1) is 8.07. The smallest absolute Gasteiger partial charge is 0.311 e. The van der Waals surface area contributed by atoms with Crippen molar-refractivity contribution in [3.05, 3.63) is 17.5 Å². The van der Waals surface area contributed by atoms with Crippen molar-refractivity contribution in [2.75, 3.05) is 13.1 Å². The normalized spacial score (nSPS) is 24.1. The highest BCUT2D eigenvalue weighted by Crippen LogP contribution is 2.30. The van der Waals surface area contributed by atoms with E-state index in [-0.39, 0.29) is 0 Å². The van der Waals surface area contributed by atoms with Crippen LogP contribution in [0.1, 0.15) is 24.7 Å². The Morgan fingerprint density at radius 3 is 2.94 bits per heavy atom. The van der Waals surface area contributed by atoms with Crippen LogP contribution in [0.5, 0.6) is 0 Å². The number of aryl methyl sites for hydroxylation is 2. The lowest BCUT2D eigenvalue weighted by Crippen LogP contribution is -2.36. The molecule has 0 aromatic carbocycles. The van der Waals surface area contributed by atoms with Crippen molar-refractivity contribution in [1.82, 2.24) is 15.1 Å². The van der Waals surface area contributed by atoms with E-state index in [0.29, 0.717) is 19.4 Å². The predicted octanol–water partition coefficient (Wildman–Crippen LogP) is 0.589. The molecule has 1 aliphatic heterocycles. The SMILES string of the molecule is CCc1cc(CC2(C(=O)O)CCNC2)n(C)n1. The fraction of sp³-hybridized carbons (Fsp3) is 0.667. The lowest BCUT2D eigenvalue weighted by Gasteiger charge is -2.22. The molecule has 1 saturated heterocycles. The van der Waals surface area contributed by atoms with Gasteiger partial charge in [0.25, 0.3) is 0 Å². The van der Waals surface area contributed by atoms with Crippen LogP contribution in [-0.4, -0.2) is 33.9 Å². The molecule has 2 N–H and O–H groups in total. The second-order valence-corrected chi connectivity index (χ2v) is 4.79. The van der Waals surface area contributed by atoms with Crippen LogP contribution >= 0.6 is 0 Å². The fourth-order valence-corrected chi connectivity index (χ4v) is 2.41. The molecule has 2 rings (SSSR count). The number of aromatic nitrogens is 2. The number of nitrogens with zero attached hydrogens (tertiary/aromatic N) is 2. The van der Waals surface area contributed by atoms with E-state index < -0.39 is 11.4 Å². The molecule has 2 heterocycles. The van der Waals surface area contributed by atoms with Crippen molar-refractivity contribution in [1.29, 1.82) is 0 Å². The zero-order valence-electron chi connectivity index (χ0n) is 10.4. The van der Waals surface area contributed by atoms with Crippen molar-refractivity contribution >= 4 is 5.97 Å². The van der Waals surface area contributed by atoms with Gasteiger partial charge in [0.05, 0.1) is 11.1 Å². The molecule has 0 aliphatic carbocycles. The lowest BCUT2D eigenvalue weighted by atomic mass is 9.82. The van der Waals surface area contributed by atoms with Crippen LogP contribution in [0.15, 0.2) is 6.07 Å². The van der Waals surface area contributed by atoms with Crippen molar-refractivity contribution in [2.45, 2.75) is 26.2 Å². The molecule has 0 saturated carbocycles. The van der Waals surface area contributed by atoms with Gasteiger partial charge in [-0.05, 0) is 25.5 Å². The largest absolute Gasteiger partial charge is 0.481 e. The third-order valence-electron chi connectivity index (χ3n) is 3.61. The second kappa shape index (κ2) is 4.49. The molecule has 1 aromatic heterocycles. The molecule has 5 nitrogen and oxygen atoms in total. The first kappa shape index (κ1) is 12.1. The number of hydrogen-bond donors (Lipinski definition) is 2. The van der Waals surface area contributed by atoms with Gasteiger partial charge in [-0.25, -0.2) is 0 Å². The summed E-state index contributed by atoms with van der Waals surface area (Å²) in [5, 5.41) is 16.9. The highest BCUT2D eigenvalue weighted by Gasteiger charge is 2.42. The maximum Gasteiger partial charge on any atom is 0.311 e. The van der Waals surface area contributed by atoms with E-state index in [2.05, 4.69) is 17.3 Å². The zero-order valence-corrected chi connectivity index (χ0v) is 10.4. The number of carboxylic acid groups (broad SMARTS) is 1. The molecular formula is C12H19N3O2. The van der Waals surface area contributed by atoms with Crippen molar-refractivity contribution in [2.24, 2.45) is 12.5 Å². The van der Waals surface area contributed by atoms with Crippen molar-refractivity contribution in [3.63, 3.8) is 0 Å². The monoisotopic (exact) mass is 237 g/mol. The zero-order chi connectivity index (χ0) is 12.5. The van der Waals surface area contributed by atoms with E-state index in [0.717, 1.165) is 24.4 Å². The Balaban J connectivity index is 2.23. The Kier molecular flexibility index (Phi) is 3.19. The van der Waals surface area contributed by atoms with Crippen LogP contribution in [0.4, 0.5) is 0 Å². The molecular weight excluding hydrogens is 218 g/mol. The average molecular weight is 237 g/mol. The van der Waals surface area contributed by atoms with Crippen LogP contribution < -0.4 is 5.32 Å². The van der Waals surface area contributed by atoms with Crippen molar-refractivity contribution in [3.8, 4) is 0 Å². The minimum Gasteiger partial charge on any atom is -0.481 e. The molecule has 1 aliphatic rings. The summed E-state index contributed by atoms with van der Waals surface area (Å²) >= 11 is 0. The first-order valence-electron chi connectivity index (χ1n) is 6.03. The number of carbonyl (C=O) groups is 1. The standard InChI is InChI=1S/C12H19N3O2/c1-3-9-6-10(15(2)14-9)7-12(11(16)17)4-5-13-8-12/h6,13H,3-5,7-8H2,1-2H3,(H,16,17). The topological polar surface area (TPSA) is 67.2 Å². The minimum atomic E-state index is -0.707. The number of carboxylic acids is 1. The molecule has 0 amide bonds. The lowest BCUT2D eigenvalue weighted by molar-refractivity contribution is -0.147. The average Bonchev–Trinajstić information content (AvgIpc) is 2.88. The summed E-state index contributed by atoms with van der Waals surface area (Å²) in [7, 11) is 1.88. The predicted molar refractivity (Wildman–Crippen MR) is 63.8 cm³/mol. The van der Waals surface area contributed by atoms with Gasteiger partial charge >= 0.3 is 5.97 Å². The van der Waals surface area contributed by atoms with Gasteiger partial charge in [0.2, 0.25) is 0 Å². The van der Waals surface area contributed by atoms with Gasteiger partial charge in [-0.2, -0.15) is 5.10 Å². The van der Waals surface area contributed by atoms with E-state index in [1.165, 1.54) is 0 Å². The first-order valence-corrected chi connectivity index (χ1v) is 6.03. The molecule has 1 aromatic rings. The van der Waals surface area contributed by atoms with E-state index in [1.54, 1.807) is 0 Å². The van der Waals surface area contributed by atoms with E-state index in [1.807, 2.05) is 17.8 Å². The highest BCUT2D eigenvalue weighted by atomic mass is 16.4. The molecule has 94 valence electrons. The molecule has 17 heavy (non-hydrogen) atoms. The van der Waals surface area contributed by atoms with Gasteiger partial charge in [-0.1, -0.05) is 6.92 Å². The molecule has 0 bridgehead atoms. The Bertz CT molecular complexity index is 419. The summed E-state index contributed by atoms with van der Waals surface area (Å²) < 4.78 is 1.81. The van der Waals surface area contributed by atoms with Crippen LogP contribution in [0.2, 0.25) is 0 Å². The van der Waals surface area contributed by atoms with E-state index in [4.69, 9.17) is 0 Å². The number of nitrogens with one attached hydrogen (secondary N) is 1. The summed E-state index contributed by atoms with van der Waals surface area (Å²) in [6.45, 7) is 3.38. The number of hydrogen-bond acceptors (Lipinski definition) is 3. The molecule has 1 unspecified atom stereocenters. The summed E-state index contributed by atoms with van der Waals surface area (Å²) in [4.78, 5) is 11.4. The third-order valence-corrected chi connectivity index (χ3v) is 3.61. The minimum absolute atomic E-state index is 0.551. The maximum atomic E-state index is 11.4. The van der Waals surface area contributed by atoms with Gasteiger partial charge in [0.1, 0.15) is 0 Å². The van der Waals surface area contributed by atoms with E-state index >= 15 is 0 Å². The molecule has 5 heteroatoms. The Morgan fingerprint density at radius 2 is 2.47 bits per heavy atom. The highest BCUT2D eigenvalue weighted by molar-refractivity contribution is 5.75. The molecule has 0 radical (unpaired) electrons. The fourth-order valence-electron chi connectivity index (χ4n) is 2.41.